The van der Waals surface area contributed by atoms with Crippen molar-refractivity contribution in [3.05, 3.63) is 36.1 Å². The van der Waals surface area contributed by atoms with Gasteiger partial charge in [-0.05, 0) is 36.8 Å². The zero-order valence-electron chi connectivity index (χ0n) is 11.1. The molecule has 19 heavy (non-hydrogen) atoms. The lowest BCUT2D eigenvalue weighted by Gasteiger charge is -1.96. The van der Waals surface area contributed by atoms with Crippen molar-refractivity contribution < 1.29 is 13.9 Å². The van der Waals surface area contributed by atoms with Gasteiger partial charge >= 0.3 is 0 Å². The van der Waals surface area contributed by atoms with Crippen LogP contribution in [-0.4, -0.2) is 19.6 Å². The molecular weight excluding hydrogens is 242 g/mol. The predicted octanol–water partition coefficient (Wildman–Crippen LogP) is 2.98. The Labute approximate surface area is 112 Å². The SMILES string of the molecule is CCCNC(=O)/C=C/c1cc2cc(OC)ccc2o1. The van der Waals surface area contributed by atoms with Gasteiger partial charge in [0.1, 0.15) is 17.1 Å². The van der Waals surface area contributed by atoms with Gasteiger partial charge in [-0.3, -0.25) is 4.79 Å². The van der Waals surface area contributed by atoms with Gasteiger partial charge in [0.25, 0.3) is 0 Å². The Morgan fingerprint density at radius 3 is 3.00 bits per heavy atom. The lowest BCUT2D eigenvalue weighted by atomic mass is 10.2. The van der Waals surface area contributed by atoms with Crippen LogP contribution >= 0.6 is 0 Å². The highest BCUT2D eigenvalue weighted by Crippen LogP contribution is 2.24. The Balaban J connectivity index is 2.13. The van der Waals surface area contributed by atoms with Crippen LogP contribution in [0.15, 0.2) is 34.8 Å². The molecule has 2 rings (SSSR count). The van der Waals surface area contributed by atoms with Crippen LogP contribution in [0.3, 0.4) is 0 Å². The van der Waals surface area contributed by atoms with Crippen LogP contribution in [0.5, 0.6) is 5.75 Å². The number of ether oxygens (including phenoxy) is 1. The Bertz CT molecular complexity index is 598. The van der Waals surface area contributed by atoms with Crippen molar-refractivity contribution in [2.75, 3.05) is 13.7 Å². The lowest BCUT2D eigenvalue weighted by molar-refractivity contribution is -0.116. The third kappa shape index (κ3) is 3.37. The van der Waals surface area contributed by atoms with Gasteiger partial charge in [-0.2, -0.15) is 0 Å². The Morgan fingerprint density at radius 1 is 1.42 bits per heavy atom. The standard InChI is InChI=1S/C15H17NO3/c1-3-8-16-15(17)7-5-13-10-11-9-12(18-2)4-6-14(11)19-13/h4-7,9-10H,3,8H2,1-2H3,(H,16,17)/b7-5+. The summed E-state index contributed by atoms with van der Waals surface area (Å²) in [5, 5.41) is 3.72. The third-order valence-electron chi connectivity index (χ3n) is 2.69. The van der Waals surface area contributed by atoms with Gasteiger partial charge in [-0.25, -0.2) is 0 Å². The summed E-state index contributed by atoms with van der Waals surface area (Å²) < 4.78 is 10.8. The number of rotatable bonds is 5. The fraction of sp³-hybridized carbons (Fsp3) is 0.267. The lowest BCUT2D eigenvalue weighted by Crippen LogP contribution is -2.21. The first-order valence-electron chi connectivity index (χ1n) is 6.26. The molecular formula is C15H17NO3. The topological polar surface area (TPSA) is 51.5 Å². The molecule has 0 aliphatic heterocycles. The van der Waals surface area contributed by atoms with Gasteiger partial charge < -0.3 is 14.5 Å². The molecule has 0 unspecified atom stereocenters. The third-order valence-corrected chi connectivity index (χ3v) is 2.69. The average Bonchev–Trinajstić information content (AvgIpc) is 2.84. The second-order valence-electron chi connectivity index (χ2n) is 4.18. The second kappa shape index (κ2) is 6.09. The minimum Gasteiger partial charge on any atom is -0.497 e. The van der Waals surface area contributed by atoms with Crippen LogP contribution < -0.4 is 10.1 Å². The number of hydrogen-bond donors (Lipinski definition) is 1. The minimum atomic E-state index is -0.111. The molecule has 0 saturated heterocycles. The van der Waals surface area contributed by atoms with E-state index in [1.54, 1.807) is 13.2 Å². The molecule has 2 aromatic rings. The smallest absolute Gasteiger partial charge is 0.244 e. The van der Waals surface area contributed by atoms with Crippen molar-refractivity contribution in [2.24, 2.45) is 0 Å². The summed E-state index contributed by atoms with van der Waals surface area (Å²) in [6.45, 7) is 2.69. The summed E-state index contributed by atoms with van der Waals surface area (Å²) in [5.74, 6) is 1.32. The number of benzene rings is 1. The molecule has 0 aliphatic carbocycles. The van der Waals surface area contributed by atoms with E-state index in [0.717, 1.165) is 23.1 Å². The summed E-state index contributed by atoms with van der Waals surface area (Å²) in [4.78, 5) is 11.4. The Hall–Kier alpha value is -2.23. The highest BCUT2D eigenvalue weighted by atomic mass is 16.5. The van der Waals surface area contributed by atoms with E-state index in [2.05, 4.69) is 5.32 Å². The number of hydrogen-bond acceptors (Lipinski definition) is 3. The Kier molecular flexibility index (Phi) is 4.23. The maximum absolute atomic E-state index is 11.4. The first-order valence-corrected chi connectivity index (χ1v) is 6.26. The molecule has 4 heteroatoms. The number of carbonyl (C=O) groups is 1. The van der Waals surface area contributed by atoms with Gasteiger partial charge in [0.05, 0.1) is 7.11 Å². The van der Waals surface area contributed by atoms with E-state index in [-0.39, 0.29) is 5.91 Å². The second-order valence-corrected chi connectivity index (χ2v) is 4.18. The molecule has 100 valence electrons. The summed E-state index contributed by atoms with van der Waals surface area (Å²) in [7, 11) is 1.63. The number of nitrogens with one attached hydrogen (secondary N) is 1. The maximum atomic E-state index is 11.4. The van der Waals surface area contributed by atoms with Crippen molar-refractivity contribution >= 4 is 23.0 Å². The van der Waals surface area contributed by atoms with E-state index >= 15 is 0 Å². The zero-order valence-corrected chi connectivity index (χ0v) is 11.1. The van der Waals surface area contributed by atoms with Crippen molar-refractivity contribution in [1.82, 2.24) is 5.32 Å². The van der Waals surface area contributed by atoms with Crippen LogP contribution in [0.2, 0.25) is 0 Å². The molecule has 0 aliphatic rings. The number of amides is 1. The molecule has 1 aromatic heterocycles. The van der Waals surface area contributed by atoms with E-state index in [1.807, 2.05) is 31.2 Å². The highest BCUT2D eigenvalue weighted by Gasteiger charge is 2.03. The first-order chi connectivity index (χ1) is 9.22. The van der Waals surface area contributed by atoms with Crippen molar-refractivity contribution in [3.8, 4) is 5.75 Å². The normalized spacial score (nSPS) is 11.1. The van der Waals surface area contributed by atoms with Gasteiger partial charge in [0, 0.05) is 18.0 Å². The fourth-order valence-electron chi connectivity index (χ4n) is 1.72. The average molecular weight is 259 g/mol. The quantitative estimate of drug-likeness (QED) is 0.840. The minimum absolute atomic E-state index is 0.111. The van der Waals surface area contributed by atoms with Gasteiger partial charge in [0.15, 0.2) is 0 Å². The van der Waals surface area contributed by atoms with Crippen molar-refractivity contribution in [2.45, 2.75) is 13.3 Å². The van der Waals surface area contributed by atoms with E-state index in [4.69, 9.17) is 9.15 Å². The van der Waals surface area contributed by atoms with Crippen LogP contribution in [0, 0.1) is 0 Å². The molecule has 1 N–H and O–H groups in total. The first kappa shape index (κ1) is 13.2. The number of fused-ring (bicyclic) bond motifs is 1. The molecule has 1 amide bonds. The maximum Gasteiger partial charge on any atom is 0.244 e. The largest absolute Gasteiger partial charge is 0.497 e. The van der Waals surface area contributed by atoms with Crippen LogP contribution in [0.4, 0.5) is 0 Å². The van der Waals surface area contributed by atoms with Gasteiger partial charge in [0.2, 0.25) is 5.91 Å². The molecule has 0 saturated carbocycles. The van der Waals surface area contributed by atoms with Crippen LogP contribution in [-0.2, 0) is 4.79 Å². The monoisotopic (exact) mass is 259 g/mol. The number of furan rings is 1. The molecule has 4 nitrogen and oxygen atoms in total. The summed E-state index contributed by atoms with van der Waals surface area (Å²) in [6.07, 6.45) is 4.06. The van der Waals surface area contributed by atoms with Gasteiger partial charge in [-0.1, -0.05) is 6.92 Å². The van der Waals surface area contributed by atoms with E-state index in [1.165, 1.54) is 6.08 Å². The van der Waals surface area contributed by atoms with E-state index in [9.17, 15) is 4.79 Å². The van der Waals surface area contributed by atoms with Crippen molar-refractivity contribution in [3.63, 3.8) is 0 Å². The van der Waals surface area contributed by atoms with E-state index in [0.29, 0.717) is 12.3 Å². The molecule has 0 radical (unpaired) electrons. The molecule has 0 atom stereocenters. The molecule has 0 fully saturated rings. The Morgan fingerprint density at radius 2 is 2.26 bits per heavy atom. The molecule has 0 bridgehead atoms. The molecule has 0 spiro atoms. The summed E-state index contributed by atoms with van der Waals surface area (Å²) in [6, 6.07) is 7.46. The summed E-state index contributed by atoms with van der Waals surface area (Å²) >= 11 is 0. The molecule has 1 heterocycles. The zero-order chi connectivity index (χ0) is 13.7. The highest BCUT2D eigenvalue weighted by molar-refractivity contribution is 5.92. The predicted molar refractivity (Wildman–Crippen MR) is 75.1 cm³/mol. The molecule has 1 aromatic carbocycles. The van der Waals surface area contributed by atoms with Crippen molar-refractivity contribution in [1.29, 1.82) is 0 Å². The number of methoxy groups -OCH3 is 1. The number of carbonyl (C=O) groups excluding carboxylic acids is 1. The summed E-state index contributed by atoms with van der Waals surface area (Å²) in [5.41, 5.74) is 0.773. The fourth-order valence-corrected chi connectivity index (χ4v) is 1.72. The van der Waals surface area contributed by atoms with Gasteiger partial charge in [-0.15, -0.1) is 0 Å². The van der Waals surface area contributed by atoms with Crippen LogP contribution in [0.25, 0.3) is 17.0 Å². The van der Waals surface area contributed by atoms with E-state index < -0.39 is 0 Å². The van der Waals surface area contributed by atoms with Crippen LogP contribution in [0.1, 0.15) is 19.1 Å².